The number of benzene rings is 1. The molecule has 126 valence electrons. The van der Waals surface area contributed by atoms with Crippen molar-refractivity contribution in [3.8, 4) is 0 Å². The lowest BCUT2D eigenvalue weighted by Crippen LogP contribution is -2.40. The molecular weight excluding hydrogens is 316 g/mol. The number of ether oxygens (including phenoxy) is 1. The summed E-state index contributed by atoms with van der Waals surface area (Å²) >= 11 is 0. The van der Waals surface area contributed by atoms with Gasteiger partial charge in [0.2, 0.25) is 5.76 Å². The number of carbonyl (C=O) groups is 2. The number of hydrogen-bond acceptors (Lipinski definition) is 6. The molecule has 1 aromatic heterocycles. The molecule has 0 aliphatic carbocycles. The molecule has 8 heteroatoms. The van der Waals surface area contributed by atoms with Gasteiger partial charge < -0.3 is 14.1 Å². The molecular formula is C16H16N2O6. The van der Waals surface area contributed by atoms with Crippen LogP contribution in [0.1, 0.15) is 24.4 Å². The van der Waals surface area contributed by atoms with Crippen molar-refractivity contribution in [3.63, 3.8) is 0 Å². The van der Waals surface area contributed by atoms with E-state index in [1.807, 2.05) is 6.07 Å². The summed E-state index contributed by atoms with van der Waals surface area (Å²) in [7, 11) is 0. The number of rotatable bonds is 6. The zero-order chi connectivity index (χ0) is 17.7. The van der Waals surface area contributed by atoms with Gasteiger partial charge in [0.15, 0.2) is 6.10 Å². The van der Waals surface area contributed by atoms with Gasteiger partial charge in [-0.15, -0.1) is 0 Å². The standard InChI is InChI=1S/C16H16N2O6/c1-3-17(12-7-5-4-6-8-12)15(19)11(2)23-16(20)13-9-10-14(24-13)18(21)22/h4-11H,3H2,1-2H3/t11-/m0/s1. The number of amides is 1. The Morgan fingerprint density at radius 2 is 1.92 bits per heavy atom. The van der Waals surface area contributed by atoms with Crippen LogP contribution in [0.3, 0.4) is 0 Å². The molecule has 1 heterocycles. The monoisotopic (exact) mass is 332 g/mol. The van der Waals surface area contributed by atoms with Gasteiger partial charge in [-0.2, -0.15) is 0 Å². The Morgan fingerprint density at radius 1 is 1.25 bits per heavy atom. The van der Waals surface area contributed by atoms with Crippen molar-refractivity contribution in [3.05, 3.63) is 58.3 Å². The van der Waals surface area contributed by atoms with E-state index >= 15 is 0 Å². The Morgan fingerprint density at radius 3 is 2.46 bits per heavy atom. The van der Waals surface area contributed by atoms with Crippen LogP contribution < -0.4 is 4.90 Å². The second-order valence-electron chi connectivity index (χ2n) is 4.86. The Kier molecular flexibility index (Phi) is 5.31. The summed E-state index contributed by atoms with van der Waals surface area (Å²) in [6.45, 7) is 3.63. The molecule has 0 aliphatic rings. The van der Waals surface area contributed by atoms with Crippen LogP contribution in [-0.4, -0.2) is 29.4 Å². The predicted molar refractivity (Wildman–Crippen MR) is 84.7 cm³/mol. The number of furan rings is 1. The Balaban J connectivity index is 2.07. The van der Waals surface area contributed by atoms with Crippen LogP contribution >= 0.6 is 0 Å². The highest BCUT2D eigenvalue weighted by atomic mass is 16.7. The fourth-order valence-electron chi connectivity index (χ4n) is 2.10. The summed E-state index contributed by atoms with van der Waals surface area (Å²) in [6, 6.07) is 11.1. The van der Waals surface area contributed by atoms with Crippen molar-refractivity contribution in [2.24, 2.45) is 0 Å². The molecule has 0 fully saturated rings. The van der Waals surface area contributed by atoms with Crippen molar-refractivity contribution in [1.29, 1.82) is 0 Å². The van der Waals surface area contributed by atoms with Crippen molar-refractivity contribution in [1.82, 2.24) is 0 Å². The van der Waals surface area contributed by atoms with E-state index in [4.69, 9.17) is 9.15 Å². The molecule has 0 N–H and O–H groups in total. The normalized spacial score (nSPS) is 11.6. The van der Waals surface area contributed by atoms with Crippen LogP contribution in [-0.2, 0) is 9.53 Å². The summed E-state index contributed by atoms with van der Waals surface area (Å²) in [5, 5.41) is 10.6. The largest absolute Gasteiger partial charge is 0.447 e. The lowest BCUT2D eigenvalue weighted by atomic mass is 10.2. The Labute approximate surface area is 137 Å². The third-order valence-electron chi connectivity index (χ3n) is 3.25. The smallest absolute Gasteiger partial charge is 0.433 e. The molecule has 2 rings (SSSR count). The molecule has 1 atom stereocenters. The van der Waals surface area contributed by atoms with Crippen molar-refractivity contribution < 1.29 is 23.7 Å². The first kappa shape index (κ1) is 17.2. The van der Waals surface area contributed by atoms with E-state index in [0.29, 0.717) is 12.2 Å². The van der Waals surface area contributed by atoms with E-state index in [-0.39, 0.29) is 5.76 Å². The van der Waals surface area contributed by atoms with E-state index in [2.05, 4.69) is 0 Å². The first-order valence-corrected chi connectivity index (χ1v) is 7.25. The quantitative estimate of drug-likeness (QED) is 0.458. The van der Waals surface area contributed by atoms with Gasteiger partial charge in [-0.3, -0.25) is 14.9 Å². The molecule has 0 saturated carbocycles. The second-order valence-corrected chi connectivity index (χ2v) is 4.86. The summed E-state index contributed by atoms with van der Waals surface area (Å²) in [4.78, 5) is 35.7. The fraction of sp³-hybridized carbons (Fsp3) is 0.250. The van der Waals surface area contributed by atoms with Gasteiger partial charge in [0.25, 0.3) is 5.91 Å². The highest BCUT2D eigenvalue weighted by molar-refractivity contribution is 5.98. The first-order chi connectivity index (χ1) is 11.4. The zero-order valence-corrected chi connectivity index (χ0v) is 13.2. The van der Waals surface area contributed by atoms with Gasteiger partial charge in [0.1, 0.15) is 4.92 Å². The van der Waals surface area contributed by atoms with Gasteiger partial charge in [-0.1, -0.05) is 18.2 Å². The van der Waals surface area contributed by atoms with Gasteiger partial charge in [0, 0.05) is 12.2 Å². The van der Waals surface area contributed by atoms with Crippen molar-refractivity contribution >= 4 is 23.4 Å². The number of nitro groups is 1. The number of para-hydroxylation sites is 1. The SMILES string of the molecule is CCN(C(=O)[C@H](C)OC(=O)c1ccc([N+](=O)[O-])o1)c1ccccc1. The summed E-state index contributed by atoms with van der Waals surface area (Å²) < 4.78 is 9.81. The third kappa shape index (κ3) is 3.78. The number of likely N-dealkylation sites (N-methyl/N-ethyl adjacent to an activating group) is 1. The number of anilines is 1. The average Bonchev–Trinajstić information content (AvgIpc) is 3.06. The van der Waals surface area contributed by atoms with E-state index in [9.17, 15) is 19.7 Å². The van der Waals surface area contributed by atoms with Crippen LogP contribution in [0.2, 0.25) is 0 Å². The molecule has 24 heavy (non-hydrogen) atoms. The van der Waals surface area contributed by atoms with Crippen LogP contribution in [0, 0.1) is 10.1 Å². The highest BCUT2D eigenvalue weighted by Crippen LogP contribution is 2.18. The molecule has 0 aliphatic heterocycles. The zero-order valence-electron chi connectivity index (χ0n) is 13.2. The van der Waals surface area contributed by atoms with Crippen LogP contribution in [0.5, 0.6) is 0 Å². The van der Waals surface area contributed by atoms with Crippen LogP contribution in [0.15, 0.2) is 46.9 Å². The minimum atomic E-state index is -1.07. The maximum Gasteiger partial charge on any atom is 0.433 e. The van der Waals surface area contributed by atoms with Gasteiger partial charge in [-0.25, -0.2) is 4.79 Å². The van der Waals surface area contributed by atoms with Crippen molar-refractivity contribution in [2.75, 3.05) is 11.4 Å². The average molecular weight is 332 g/mol. The molecule has 0 unspecified atom stereocenters. The van der Waals surface area contributed by atoms with Gasteiger partial charge in [-0.05, 0) is 32.0 Å². The highest BCUT2D eigenvalue weighted by Gasteiger charge is 2.26. The molecule has 8 nitrogen and oxygen atoms in total. The molecule has 0 saturated heterocycles. The van der Waals surface area contributed by atoms with Gasteiger partial charge >= 0.3 is 11.9 Å². The number of carbonyl (C=O) groups excluding carboxylic acids is 2. The molecule has 1 aromatic carbocycles. The predicted octanol–water partition coefficient (Wildman–Crippen LogP) is 2.79. The Bertz CT molecular complexity index is 740. The lowest BCUT2D eigenvalue weighted by Gasteiger charge is -2.24. The molecule has 0 spiro atoms. The number of hydrogen-bond donors (Lipinski definition) is 0. The maximum atomic E-state index is 12.5. The minimum absolute atomic E-state index is 0.330. The first-order valence-electron chi connectivity index (χ1n) is 7.25. The van der Waals surface area contributed by atoms with E-state index in [0.717, 1.165) is 12.1 Å². The summed E-state index contributed by atoms with van der Waals surface area (Å²) in [5.41, 5.74) is 0.682. The minimum Gasteiger partial charge on any atom is -0.447 e. The molecule has 0 radical (unpaired) electrons. The van der Waals surface area contributed by atoms with Gasteiger partial charge in [0.05, 0.1) is 6.07 Å². The number of nitrogens with zero attached hydrogens (tertiary/aromatic N) is 2. The van der Waals surface area contributed by atoms with Crippen LogP contribution in [0.4, 0.5) is 11.6 Å². The van der Waals surface area contributed by atoms with Crippen molar-refractivity contribution in [2.45, 2.75) is 20.0 Å². The van der Waals surface area contributed by atoms with E-state index in [1.54, 1.807) is 31.2 Å². The molecule has 2 aromatic rings. The maximum absolute atomic E-state index is 12.5. The molecule has 1 amide bonds. The summed E-state index contributed by atoms with van der Waals surface area (Å²) in [6.07, 6.45) is -1.07. The fourth-order valence-corrected chi connectivity index (χ4v) is 2.10. The molecule has 0 bridgehead atoms. The topological polar surface area (TPSA) is 103 Å². The Hall–Kier alpha value is -3.16. The van der Waals surface area contributed by atoms with E-state index < -0.39 is 28.8 Å². The summed E-state index contributed by atoms with van der Waals surface area (Å²) in [5.74, 6) is -2.24. The second kappa shape index (κ2) is 7.40. The number of esters is 1. The lowest BCUT2D eigenvalue weighted by molar-refractivity contribution is -0.402. The third-order valence-corrected chi connectivity index (χ3v) is 3.25. The van der Waals surface area contributed by atoms with E-state index in [1.165, 1.54) is 11.8 Å². The van der Waals surface area contributed by atoms with Crippen LogP contribution in [0.25, 0.3) is 0 Å².